The highest BCUT2D eigenvalue weighted by molar-refractivity contribution is 7.66. The van der Waals surface area contributed by atoms with E-state index in [4.69, 9.17) is 24.2 Å². The molecular weight excluding hydrogens is 417 g/mol. The summed E-state index contributed by atoms with van der Waals surface area (Å²) in [6.07, 6.45) is 1.92. The second kappa shape index (κ2) is 8.37. The molecule has 6 atom stereocenters. The third-order valence-corrected chi connectivity index (χ3v) is 8.24. The first-order chi connectivity index (χ1) is 11.8. The highest BCUT2D eigenvalue weighted by Crippen LogP contribution is 2.66. The van der Waals surface area contributed by atoms with Gasteiger partial charge >= 0.3 is 23.5 Å². The van der Waals surface area contributed by atoms with Gasteiger partial charge in [0.2, 0.25) is 0 Å². The van der Waals surface area contributed by atoms with Crippen LogP contribution in [0.3, 0.4) is 0 Å². The minimum Gasteiger partial charge on any atom is -0.378 e. The van der Waals surface area contributed by atoms with Crippen LogP contribution in [-0.4, -0.2) is 51.6 Å². The molecule has 2 fully saturated rings. The van der Waals surface area contributed by atoms with Crippen molar-refractivity contribution in [3.63, 3.8) is 0 Å². The number of ether oxygens (including phenoxy) is 2. The number of phosphoric ester groups is 1. The smallest absolute Gasteiger partial charge is 0.378 e. The molecule has 1 aliphatic heterocycles. The van der Waals surface area contributed by atoms with Crippen molar-refractivity contribution in [1.29, 1.82) is 0 Å². The van der Waals surface area contributed by atoms with E-state index in [0.717, 1.165) is 19.3 Å². The lowest BCUT2D eigenvalue weighted by atomic mass is 9.76. The Kier molecular flexibility index (Phi) is 7.28. The first-order valence-electron chi connectivity index (χ1n) is 7.80. The Morgan fingerprint density at radius 3 is 2.12 bits per heavy atom. The number of hydrogen-bond acceptors (Lipinski definition) is 8. The van der Waals surface area contributed by atoms with Gasteiger partial charge in [0.05, 0.1) is 18.8 Å². The van der Waals surface area contributed by atoms with Crippen LogP contribution in [0.15, 0.2) is 0 Å². The number of phosphoric acid groups is 3. The summed E-state index contributed by atoms with van der Waals surface area (Å²) < 4.78 is 56.9. The molecule has 3 unspecified atom stereocenters. The quantitative estimate of drug-likeness (QED) is 0.381. The standard InChI is InChI=1S/C11H23O12P3/c1-7-10(8-4-3-5-8)21-9(11(7)19-2)6-20-25(15,16)23-26(17,18)22-24(12,13)14/h7-11H,3-6H2,1-2H3,(H,15,16)(H,17,18)(H2,12,13,14)/t7-,9-,10-,11?/m1/s1. The Labute approximate surface area is 150 Å². The van der Waals surface area contributed by atoms with Crippen LogP contribution in [0, 0.1) is 11.8 Å². The molecule has 12 nitrogen and oxygen atoms in total. The molecule has 4 N–H and O–H groups in total. The first kappa shape index (κ1) is 22.6. The predicted octanol–water partition coefficient (Wildman–Crippen LogP) is 1.55. The Morgan fingerprint density at radius 2 is 1.65 bits per heavy atom. The highest BCUT2D eigenvalue weighted by atomic mass is 31.3. The summed E-state index contributed by atoms with van der Waals surface area (Å²) in [7, 11) is -14.6. The predicted molar refractivity (Wildman–Crippen MR) is 85.8 cm³/mol. The largest absolute Gasteiger partial charge is 0.490 e. The van der Waals surface area contributed by atoms with E-state index in [2.05, 4.69) is 13.1 Å². The van der Waals surface area contributed by atoms with Gasteiger partial charge in [0, 0.05) is 13.0 Å². The average molecular weight is 440 g/mol. The van der Waals surface area contributed by atoms with Gasteiger partial charge in [-0.2, -0.15) is 8.62 Å². The molecule has 0 bridgehead atoms. The van der Waals surface area contributed by atoms with Gasteiger partial charge < -0.3 is 29.0 Å². The summed E-state index contributed by atoms with van der Waals surface area (Å²) >= 11 is 0. The average Bonchev–Trinajstić information content (AvgIpc) is 2.67. The van der Waals surface area contributed by atoms with Crippen molar-refractivity contribution in [3.05, 3.63) is 0 Å². The van der Waals surface area contributed by atoms with Gasteiger partial charge in [0.25, 0.3) is 0 Å². The van der Waals surface area contributed by atoms with Gasteiger partial charge in [-0.3, -0.25) is 4.52 Å². The Morgan fingerprint density at radius 1 is 1.04 bits per heavy atom. The van der Waals surface area contributed by atoms with Gasteiger partial charge in [-0.25, -0.2) is 13.7 Å². The monoisotopic (exact) mass is 440 g/mol. The molecule has 0 aromatic heterocycles. The van der Waals surface area contributed by atoms with Crippen molar-refractivity contribution in [2.45, 2.75) is 44.5 Å². The summed E-state index contributed by atoms with van der Waals surface area (Å²) in [5.74, 6) is 0.388. The summed E-state index contributed by atoms with van der Waals surface area (Å²) in [6, 6.07) is 0. The summed E-state index contributed by atoms with van der Waals surface area (Å²) in [4.78, 5) is 35.6. The molecule has 2 rings (SSSR count). The van der Waals surface area contributed by atoms with Crippen LogP contribution >= 0.6 is 23.5 Å². The molecule has 1 heterocycles. The SMILES string of the molecule is COC1[C@@H](COP(=O)(O)OP(=O)(O)OP(=O)(O)O)O[C@@H](C2CCC2)[C@H]1C. The van der Waals surface area contributed by atoms with Crippen molar-refractivity contribution < 1.29 is 55.9 Å². The molecule has 26 heavy (non-hydrogen) atoms. The fraction of sp³-hybridized carbons (Fsp3) is 1.00. The summed E-state index contributed by atoms with van der Waals surface area (Å²) in [6.45, 7) is 1.44. The highest BCUT2D eigenvalue weighted by Gasteiger charge is 2.48. The molecule has 154 valence electrons. The topological polar surface area (TPSA) is 178 Å². The van der Waals surface area contributed by atoms with Crippen LogP contribution in [-0.2, 0) is 36.3 Å². The number of rotatable bonds is 9. The molecule has 1 saturated carbocycles. The lowest BCUT2D eigenvalue weighted by molar-refractivity contribution is -0.0560. The molecule has 2 aliphatic rings. The lowest BCUT2D eigenvalue weighted by Crippen LogP contribution is -2.33. The zero-order valence-electron chi connectivity index (χ0n) is 14.1. The van der Waals surface area contributed by atoms with Crippen LogP contribution in [0.1, 0.15) is 26.2 Å². The Hall–Kier alpha value is 0.330. The fourth-order valence-electron chi connectivity index (χ4n) is 3.21. The first-order valence-corrected chi connectivity index (χ1v) is 12.3. The summed E-state index contributed by atoms with van der Waals surface area (Å²) in [5, 5.41) is 0. The van der Waals surface area contributed by atoms with Crippen molar-refractivity contribution in [2.75, 3.05) is 13.7 Å². The van der Waals surface area contributed by atoms with Gasteiger partial charge in [-0.15, -0.1) is 0 Å². The van der Waals surface area contributed by atoms with E-state index in [1.807, 2.05) is 6.92 Å². The van der Waals surface area contributed by atoms with Crippen LogP contribution in [0.2, 0.25) is 0 Å². The van der Waals surface area contributed by atoms with Gasteiger partial charge in [-0.1, -0.05) is 13.3 Å². The summed E-state index contributed by atoms with van der Waals surface area (Å²) in [5.41, 5.74) is 0. The Balaban J connectivity index is 1.94. The molecule has 0 aromatic rings. The molecule has 0 spiro atoms. The van der Waals surface area contributed by atoms with Crippen molar-refractivity contribution in [3.8, 4) is 0 Å². The van der Waals surface area contributed by atoms with Crippen molar-refractivity contribution in [2.24, 2.45) is 11.8 Å². The van der Waals surface area contributed by atoms with E-state index in [9.17, 15) is 18.6 Å². The molecule has 0 aromatic carbocycles. The van der Waals surface area contributed by atoms with E-state index in [0.29, 0.717) is 5.92 Å². The van der Waals surface area contributed by atoms with E-state index in [1.165, 1.54) is 7.11 Å². The molecule has 1 saturated heterocycles. The normalized spacial score (nSPS) is 34.8. The van der Waals surface area contributed by atoms with E-state index in [1.54, 1.807) is 0 Å². The van der Waals surface area contributed by atoms with Gasteiger partial charge in [0.15, 0.2) is 0 Å². The van der Waals surface area contributed by atoms with Crippen molar-refractivity contribution >= 4 is 23.5 Å². The number of hydrogen-bond donors (Lipinski definition) is 4. The molecule has 1 aliphatic carbocycles. The fourth-order valence-corrected chi connectivity index (χ4v) is 6.24. The molecule has 0 radical (unpaired) electrons. The molecule has 15 heteroatoms. The minimum absolute atomic E-state index is 0.0137. The number of methoxy groups -OCH3 is 1. The zero-order chi connectivity index (χ0) is 19.8. The van der Waals surface area contributed by atoms with Crippen LogP contribution in [0.25, 0.3) is 0 Å². The molecular formula is C11H23O12P3. The third kappa shape index (κ3) is 6.17. The van der Waals surface area contributed by atoms with E-state index in [-0.39, 0.29) is 12.0 Å². The van der Waals surface area contributed by atoms with Gasteiger partial charge in [0.1, 0.15) is 6.10 Å². The maximum absolute atomic E-state index is 11.8. The third-order valence-electron chi connectivity index (χ3n) is 4.44. The van der Waals surface area contributed by atoms with Crippen molar-refractivity contribution in [1.82, 2.24) is 0 Å². The maximum Gasteiger partial charge on any atom is 0.490 e. The van der Waals surface area contributed by atoms with Crippen LogP contribution in [0.4, 0.5) is 0 Å². The van der Waals surface area contributed by atoms with Gasteiger partial charge in [-0.05, 0) is 18.8 Å². The van der Waals surface area contributed by atoms with Crippen LogP contribution < -0.4 is 0 Å². The second-order valence-electron chi connectivity index (χ2n) is 6.28. The second-order valence-corrected chi connectivity index (χ2v) is 10.7. The van der Waals surface area contributed by atoms with Crippen LogP contribution in [0.5, 0.6) is 0 Å². The zero-order valence-corrected chi connectivity index (χ0v) is 16.8. The Bertz CT molecular complexity index is 630. The minimum atomic E-state index is -5.53. The van der Waals surface area contributed by atoms with E-state index < -0.39 is 42.3 Å². The molecule has 0 amide bonds. The lowest BCUT2D eigenvalue weighted by Gasteiger charge is -2.33. The maximum atomic E-state index is 11.8. The van der Waals surface area contributed by atoms with E-state index >= 15 is 0 Å².